The summed E-state index contributed by atoms with van der Waals surface area (Å²) in [6.45, 7) is -0.0368. The third kappa shape index (κ3) is 5.80. The molecule has 2 atom stereocenters. The molecule has 34 heavy (non-hydrogen) atoms. The van der Waals surface area contributed by atoms with Crippen LogP contribution in [0, 0.1) is 5.92 Å². The lowest BCUT2D eigenvalue weighted by Crippen LogP contribution is -2.44. The number of hydrogen-bond acceptors (Lipinski definition) is 10. The summed E-state index contributed by atoms with van der Waals surface area (Å²) in [5.74, 6) is -4.43. The average Bonchev–Trinajstić information content (AvgIpc) is 2.80. The van der Waals surface area contributed by atoms with Gasteiger partial charge in [0.15, 0.2) is 11.2 Å². The minimum Gasteiger partial charge on any atom is -0.481 e. The van der Waals surface area contributed by atoms with Crippen LogP contribution in [-0.4, -0.2) is 60.6 Å². The van der Waals surface area contributed by atoms with Crippen LogP contribution in [0.3, 0.4) is 0 Å². The van der Waals surface area contributed by atoms with E-state index in [1.807, 2.05) is 0 Å². The molecule has 14 heteroatoms. The standard InChI is InChI=1S/C20H22N8O6/c21-6-10(18(31)32)5-13(19(33)34)26-16(29)9-1-3-11(4-2-9)23-7-12-8-24-15-14(25-12)17(30)28-20(22)27-15/h1-4,8,10,13,23H,5-7,21H2,(H,26,29)(H,31,32)(H,33,34)(H3,22,24,27,28,30)/t10?,13-/m0/s1. The maximum atomic E-state index is 12.4. The molecule has 1 aromatic carbocycles. The number of hydrogen-bond donors (Lipinski definition) is 7. The van der Waals surface area contributed by atoms with Crippen LogP contribution in [-0.2, 0) is 16.1 Å². The van der Waals surface area contributed by atoms with Crippen molar-refractivity contribution in [3.63, 3.8) is 0 Å². The van der Waals surface area contributed by atoms with Crippen LogP contribution in [0.1, 0.15) is 22.5 Å². The molecule has 0 saturated carbocycles. The van der Waals surface area contributed by atoms with E-state index < -0.39 is 35.4 Å². The van der Waals surface area contributed by atoms with Gasteiger partial charge in [0.1, 0.15) is 6.04 Å². The summed E-state index contributed by atoms with van der Waals surface area (Å²) >= 11 is 0. The fourth-order valence-electron chi connectivity index (χ4n) is 3.03. The van der Waals surface area contributed by atoms with Gasteiger partial charge in [-0.3, -0.25) is 19.4 Å². The van der Waals surface area contributed by atoms with Gasteiger partial charge in [-0.2, -0.15) is 4.98 Å². The molecular weight excluding hydrogens is 448 g/mol. The highest BCUT2D eigenvalue weighted by Gasteiger charge is 2.27. The van der Waals surface area contributed by atoms with Crippen molar-refractivity contribution in [1.29, 1.82) is 0 Å². The quantitative estimate of drug-likeness (QED) is 0.191. The average molecular weight is 470 g/mol. The van der Waals surface area contributed by atoms with Crippen LogP contribution < -0.4 is 27.7 Å². The molecule has 9 N–H and O–H groups in total. The number of fused-ring (bicyclic) bond motifs is 1. The van der Waals surface area contributed by atoms with Crippen molar-refractivity contribution < 1.29 is 24.6 Å². The predicted molar refractivity (Wildman–Crippen MR) is 120 cm³/mol. The molecule has 1 unspecified atom stereocenters. The molecule has 3 aromatic rings. The first-order chi connectivity index (χ1) is 16.2. The Hall–Kier alpha value is -4.59. The highest BCUT2D eigenvalue weighted by Crippen LogP contribution is 2.13. The first kappa shape index (κ1) is 24.1. The lowest BCUT2D eigenvalue weighted by Gasteiger charge is -2.18. The monoisotopic (exact) mass is 470 g/mol. The summed E-state index contributed by atoms with van der Waals surface area (Å²) in [5, 5.41) is 23.8. The third-order valence-electron chi connectivity index (χ3n) is 4.86. The van der Waals surface area contributed by atoms with Gasteiger partial charge in [0.05, 0.1) is 24.4 Å². The van der Waals surface area contributed by atoms with Crippen molar-refractivity contribution in [2.24, 2.45) is 11.7 Å². The molecule has 0 radical (unpaired) electrons. The summed E-state index contributed by atoms with van der Waals surface area (Å²) in [7, 11) is 0. The van der Waals surface area contributed by atoms with Gasteiger partial charge >= 0.3 is 11.9 Å². The van der Waals surface area contributed by atoms with E-state index in [1.165, 1.54) is 18.3 Å². The number of carbonyl (C=O) groups excluding carboxylic acids is 1. The molecular formula is C20H22N8O6. The largest absolute Gasteiger partial charge is 0.481 e. The van der Waals surface area contributed by atoms with E-state index in [-0.39, 0.29) is 42.2 Å². The number of nitrogens with zero attached hydrogens (tertiary/aromatic N) is 3. The van der Waals surface area contributed by atoms with Crippen molar-refractivity contribution in [2.75, 3.05) is 17.6 Å². The first-order valence-electron chi connectivity index (χ1n) is 9.99. The zero-order valence-corrected chi connectivity index (χ0v) is 17.7. The number of carboxylic acids is 2. The van der Waals surface area contributed by atoms with Crippen molar-refractivity contribution in [2.45, 2.75) is 19.0 Å². The molecule has 3 rings (SSSR count). The molecule has 178 valence electrons. The number of rotatable bonds is 10. The normalized spacial score (nSPS) is 12.6. The van der Waals surface area contributed by atoms with Crippen LogP contribution >= 0.6 is 0 Å². The van der Waals surface area contributed by atoms with Gasteiger partial charge in [0.25, 0.3) is 11.5 Å². The number of H-pyrrole nitrogens is 1. The van der Waals surface area contributed by atoms with Crippen LogP contribution in [0.2, 0.25) is 0 Å². The Morgan fingerprint density at radius 2 is 1.79 bits per heavy atom. The van der Waals surface area contributed by atoms with E-state index in [0.29, 0.717) is 11.4 Å². The lowest BCUT2D eigenvalue weighted by atomic mass is 9.99. The molecule has 1 amide bonds. The number of aromatic nitrogens is 4. The Kier molecular flexibility index (Phi) is 7.33. The van der Waals surface area contributed by atoms with Gasteiger partial charge in [-0.15, -0.1) is 0 Å². The van der Waals surface area contributed by atoms with E-state index in [0.717, 1.165) is 0 Å². The molecule has 0 bridgehead atoms. The minimum atomic E-state index is -1.41. The first-order valence-corrected chi connectivity index (χ1v) is 9.99. The molecule has 0 fully saturated rings. The molecule has 0 aliphatic carbocycles. The molecule has 0 spiro atoms. The van der Waals surface area contributed by atoms with Gasteiger partial charge in [-0.25, -0.2) is 14.8 Å². The minimum absolute atomic E-state index is 0.0493. The second kappa shape index (κ2) is 10.4. The number of anilines is 2. The smallest absolute Gasteiger partial charge is 0.326 e. The van der Waals surface area contributed by atoms with E-state index in [9.17, 15) is 24.3 Å². The zero-order chi connectivity index (χ0) is 24.8. The number of nitrogen functional groups attached to an aromatic ring is 1. The van der Waals surface area contributed by atoms with Crippen LogP contribution in [0.15, 0.2) is 35.3 Å². The number of benzene rings is 1. The number of carboxylic acid groups (broad SMARTS) is 2. The van der Waals surface area contributed by atoms with E-state index in [4.69, 9.17) is 16.6 Å². The fourth-order valence-corrected chi connectivity index (χ4v) is 3.03. The summed E-state index contributed by atoms with van der Waals surface area (Å²) in [5.41, 5.74) is 11.8. The summed E-state index contributed by atoms with van der Waals surface area (Å²) in [6.07, 6.45) is 1.10. The van der Waals surface area contributed by atoms with E-state index in [1.54, 1.807) is 12.1 Å². The lowest BCUT2D eigenvalue weighted by molar-refractivity contribution is -0.143. The molecule has 0 aliphatic rings. The van der Waals surface area contributed by atoms with Gasteiger partial charge < -0.3 is 32.3 Å². The molecule has 14 nitrogen and oxygen atoms in total. The van der Waals surface area contributed by atoms with Crippen LogP contribution in [0.4, 0.5) is 11.6 Å². The fraction of sp³-hybridized carbons (Fsp3) is 0.250. The van der Waals surface area contributed by atoms with Crippen LogP contribution in [0.5, 0.6) is 0 Å². The maximum absolute atomic E-state index is 12.4. The number of nitrogens with two attached hydrogens (primary N) is 2. The Morgan fingerprint density at radius 3 is 2.41 bits per heavy atom. The Bertz CT molecular complexity index is 1280. The number of nitrogens with one attached hydrogen (secondary N) is 3. The SMILES string of the molecule is NCC(C[C@H](NC(=O)c1ccc(NCc2cnc3nc(N)[nH]c(=O)c3n2)cc1)C(=O)O)C(=O)O. The molecule has 2 heterocycles. The highest BCUT2D eigenvalue weighted by atomic mass is 16.4. The van der Waals surface area contributed by atoms with E-state index >= 15 is 0 Å². The zero-order valence-electron chi connectivity index (χ0n) is 17.7. The van der Waals surface area contributed by atoms with Crippen molar-refractivity contribution in [1.82, 2.24) is 25.3 Å². The Balaban J connectivity index is 1.63. The number of aliphatic carboxylic acids is 2. The van der Waals surface area contributed by atoms with Gasteiger partial charge in [-0.1, -0.05) is 0 Å². The van der Waals surface area contributed by atoms with Gasteiger partial charge in [-0.05, 0) is 30.7 Å². The van der Waals surface area contributed by atoms with Crippen molar-refractivity contribution >= 4 is 40.6 Å². The van der Waals surface area contributed by atoms with E-state index in [2.05, 4.69) is 30.6 Å². The molecule has 2 aromatic heterocycles. The number of amides is 1. The van der Waals surface area contributed by atoms with Crippen molar-refractivity contribution in [3.05, 3.63) is 52.1 Å². The second-order valence-corrected chi connectivity index (χ2v) is 7.29. The van der Waals surface area contributed by atoms with Crippen molar-refractivity contribution in [3.8, 4) is 0 Å². The summed E-state index contributed by atoms with van der Waals surface area (Å²) in [6, 6.07) is 4.71. The Labute approximate surface area is 191 Å². The van der Waals surface area contributed by atoms with Crippen LogP contribution in [0.25, 0.3) is 11.2 Å². The maximum Gasteiger partial charge on any atom is 0.326 e. The second-order valence-electron chi connectivity index (χ2n) is 7.29. The highest BCUT2D eigenvalue weighted by molar-refractivity contribution is 5.97. The number of carbonyl (C=O) groups is 3. The number of aromatic amines is 1. The Morgan fingerprint density at radius 1 is 1.09 bits per heavy atom. The summed E-state index contributed by atoms with van der Waals surface area (Å²) in [4.78, 5) is 61.5. The topological polar surface area (TPSA) is 239 Å². The molecule has 0 saturated heterocycles. The van der Waals surface area contributed by atoms with Gasteiger partial charge in [0.2, 0.25) is 5.95 Å². The predicted octanol–water partition coefficient (Wildman–Crippen LogP) is -0.860. The third-order valence-corrected chi connectivity index (χ3v) is 4.86. The van der Waals surface area contributed by atoms with Gasteiger partial charge in [0, 0.05) is 17.8 Å². The summed E-state index contributed by atoms with van der Waals surface area (Å²) < 4.78 is 0. The molecule has 0 aliphatic heterocycles.